The number of hydrogen-bond donors (Lipinski definition) is 1. The molecular formula is C18H32N2S. The van der Waals surface area contributed by atoms with Crippen molar-refractivity contribution in [3.8, 4) is 0 Å². The minimum Gasteiger partial charge on any atom is -0.303 e. The number of nitrogens with one attached hydrogen (secondary N) is 1. The van der Waals surface area contributed by atoms with Crippen LogP contribution in [0.2, 0.25) is 0 Å². The molecule has 3 atom stereocenters. The van der Waals surface area contributed by atoms with Crippen molar-refractivity contribution in [1.82, 2.24) is 10.3 Å². The summed E-state index contributed by atoms with van der Waals surface area (Å²) in [6, 6.07) is 0.489. The van der Waals surface area contributed by atoms with Crippen molar-refractivity contribution < 1.29 is 0 Å². The fourth-order valence-electron chi connectivity index (χ4n) is 3.58. The van der Waals surface area contributed by atoms with Gasteiger partial charge in [0.15, 0.2) is 0 Å². The molecule has 3 unspecified atom stereocenters. The van der Waals surface area contributed by atoms with Crippen LogP contribution in [0.15, 0.2) is 5.38 Å². The van der Waals surface area contributed by atoms with E-state index in [0.717, 1.165) is 5.92 Å². The minimum atomic E-state index is 0.0782. The fraction of sp³-hybridized carbons (Fsp3) is 0.833. The second kappa shape index (κ2) is 6.00. The van der Waals surface area contributed by atoms with Crippen LogP contribution in [0.4, 0.5) is 0 Å². The number of rotatable bonds is 3. The zero-order valence-electron chi connectivity index (χ0n) is 14.8. The molecule has 0 spiro atoms. The summed E-state index contributed by atoms with van der Waals surface area (Å²) < 4.78 is 0. The molecule has 1 fully saturated rings. The van der Waals surface area contributed by atoms with E-state index in [2.05, 4.69) is 59.2 Å². The van der Waals surface area contributed by atoms with Crippen LogP contribution in [0, 0.1) is 11.8 Å². The Morgan fingerprint density at radius 3 is 2.48 bits per heavy atom. The Bertz CT molecular complexity index is 472. The average molecular weight is 309 g/mol. The molecule has 1 heterocycles. The number of thiazole rings is 1. The third-order valence-electron chi connectivity index (χ3n) is 4.83. The highest BCUT2D eigenvalue weighted by Gasteiger charge is 2.44. The van der Waals surface area contributed by atoms with Crippen LogP contribution in [-0.4, -0.2) is 11.0 Å². The fourth-order valence-corrected chi connectivity index (χ4v) is 4.93. The third kappa shape index (κ3) is 3.50. The van der Waals surface area contributed by atoms with Gasteiger partial charge < -0.3 is 5.32 Å². The van der Waals surface area contributed by atoms with Crippen LogP contribution < -0.4 is 5.32 Å². The predicted octanol–water partition coefficient (Wildman–Crippen LogP) is 5.09. The molecule has 1 saturated carbocycles. The van der Waals surface area contributed by atoms with Gasteiger partial charge in [0.05, 0.1) is 11.2 Å². The van der Waals surface area contributed by atoms with Gasteiger partial charge in [-0.15, -0.1) is 11.3 Å². The molecule has 0 amide bonds. The first-order valence-electron chi connectivity index (χ1n) is 8.39. The van der Waals surface area contributed by atoms with Gasteiger partial charge in [-0.2, -0.15) is 0 Å². The highest BCUT2D eigenvalue weighted by Crippen LogP contribution is 2.45. The second-order valence-electron chi connectivity index (χ2n) is 8.34. The van der Waals surface area contributed by atoms with E-state index in [1.54, 1.807) is 0 Å². The van der Waals surface area contributed by atoms with Gasteiger partial charge in [0.2, 0.25) is 0 Å². The molecule has 1 aromatic rings. The summed E-state index contributed by atoms with van der Waals surface area (Å²) >= 11 is 1.86. The maximum Gasteiger partial charge on any atom is 0.113 e. The van der Waals surface area contributed by atoms with Gasteiger partial charge in [-0.05, 0) is 44.9 Å². The minimum absolute atomic E-state index is 0.0782. The molecule has 0 aliphatic heterocycles. The summed E-state index contributed by atoms with van der Waals surface area (Å²) in [6.45, 7) is 16.1. The molecule has 0 radical (unpaired) electrons. The maximum atomic E-state index is 5.06. The Morgan fingerprint density at radius 1 is 1.33 bits per heavy atom. The Kier molecular flexibility index (Phi) is 4.84. The molecule has 1 aliphatic carbocycles. The third-order valence-corrected chi connectivity index (χ3v) is 5.85. The van der Waals surface area contributed by atoms with Crippen molar-refractivity contribution >= 4 is 11.3 Å². The van der Waals surface area contributed by atoms with E-state index in [1.807, 2.05) is 11.3 Å². The summed E-state index contributed by atoms with van der Waals surface area (Å²) in [7, 11) is 0. The molecule has 2 nitrogen and oxygen atoms in total. The molecule has 0 aromatic carbocycles. The Balaban J connectivity index is 2.38. The highest BCUT2D eigenvalue weighted by molar-refractivity contribution is 7.09. The summed E-state index contributed by atoms with van der Waals surface area (Å²) in [6.07, 6.45) is 3.81. The van der Waals surface area contributed by atoms with E-state index in [0.29, 0.717) is 12.0 Å². The van der Waals surface area contributed by atoms with Gasteiger partial charge in [-0.1, -0.05) is 34.6 Å². The Morgan fingerprint density at radius 2 is 2.00 bits per heavy atom. The summed E-state index contributed by atoms with van der Waals surface area (Å²) in [5, 5.41) is 7.47. The monoisotopic (exact) mass is 308 g/mol. The van der Waals surface area contributed by atoms with E-state index in [-0.39, 0.29) is 11.0 Å². The zero-order valence-corrected chi connectivity index (χ0v) is 15.6. The standard InChI is InChI=1S/C18H32N2S/c1-12(2)20-18(9-8-13(3)10-14(18)4)16-19-15(11-21-16)17(5,6)7/h11-14,20H,8-10H2,1-7H3. The topological polar surface area (TPSA) is 24.9 Å². The van der Waals surface area contributed by atoms with Crippen LogP contribution in [0.25, 0.3) is 0 Å². The quantitative estimate of drug-likeness (QED) is 0.841. The number of aromatic nitrogens is 1. The summed E-state index contributed by atoms with van der Waals surface area (Å²) in [4.78, 5) is 5.06. The van der Waals surface area contributed by atoms with E-state index in [1.165, 1.54) is 30.0 Å². The SMILES string of the molecule is CC1CCC(NC(C)C)(c2nc(C(C)(C)C)cs2)C(C)C1. The highest BCUT2D eigenvalue weighted by atomic mass is 32.1. The molecule has 3 heteroatoms. The summed E-state index contributed by atoms with van der Waals surface area (Å²) in [5.74, 6) is 1.48. The van der Waals surface area contributed by atoms with Crippen molar-refractivity contribution in [3.63, 3.8) is 0 Å². The van der Waals surface area contributed by atoms with Crippen LogP contribution in [0.5, 0.6) is 0 Å². The lowest BCUT2D eigenvalue weighted by Crippen LogP contribution is -2.53. The smallest absolute Gasteiger partial charge is 0.113 e. The van der Waals surface area contributed by atoms with Gasteiger partial charge in [0.1, 0.15) is 5.01 Å². The van der Waals surface area contributed by atoms with E-state index in [4.69, 9.17) is 4.98 Å². The molecule has 0 bridgehead atoms. The van der Waals surface area contributed by atoms with Crippen LogP contribution in [-0.2, 0) is 11.0 Å². The van der Waals surface area contributed by atoms with Crippen LogP contribution >= 0.6 is 11.3 Å². The molecule has 1 aliphatic rings. The first-order valence-corrected chi connectivity index (χ1v) is 9.27. The van der Waals surface area contributed by atoms with Gasteiger partial charge in [0.25, 0.3) is 0 Å². The van der Waals surface area contributed by atoms with Crippen LogP contribution in [0.3, 0.4) is 0 Å². The predicted molar refractivity (Wildman–Crippen MR) is 92.9 cm³/mol. The van der Waals surface area contributed by atoms with E-state index < -0.39 is 0 Å². The molecular weight excluding hydrogens is 276 g/mol. The molecule has 0 saturated heterocycles. The van der Waals surface area contributed by atoms with Gasteiger partial charge in [0, 0.05) is 16.8 Å². The molecule has 1 aromatic heterocycles. The van der Waals surface area contributed by atoms with E-state index >= 15 is 0 Å². The van der Waals surface area contributed by atoms with Crippen LogP contribution in [0.1, 0.15) is 78.4 Å². The lowest BCUT2D eigenvalue weighted by Gasteiger charge is -2.45. The molecule has 2 rings (SSSR count). The van der Waals surface area contributed by atoms with E-state index in [9.17, 15) is 0 Å². The normalized spacial score (nSPS) is 30.9. The maximum absolute atomic E-state index is 5.06. The lowest BCUT2D eigenvalue weighted by atomic mass is 9.70. The Hall–Kier alpha value is -0.410. The first kappa shape index (κ1) is 17.0. The molecule has 120 valence electrons. The average Bonchev–Trinajstić information content (AvgIpc) is 2.82. The van der Waals surface area contributed by atoms with Crippen molar-refractivity contribution in [3.05, 3.63) is 16.1 Å². The van der Waals surface area contributed by atoms with Gasteiger partial charge in [-0.25, -0.2) is 4.98 Å². The van der Waals surface area contributed by atoms with Crippen molar-refractivity contribution in [2.75, 3.05) is 0 Å². The zero-order chi connectivity index (χ0) is 15.8. The molecule has 21 heavy (non-hydrogen) atoms. The lowest BCUT2D eigenvalue weighted by molar-refractivity contribution is 0.111. The largest absolute Gasteiger partial charge is 0.303 e. The second-order valence-corrected chi connectivity index (χ2v) is 9.20. The number of nitrogens with zero attached hydrogens (tertiary/aromatic N) is 1. The van der Waals surface area contributed by atoms with Crippen molar-refractivity contribution in [1.29, 1.82) is 0 Å². The van der Waals surface area contributed by atoms with Gasteiger partial charge >= 0.3 is 0 Å². The number of hydrogen-bond acceptors (Lipinski definition) is 3. The van der Waals surface area contributed by atoms with Crippen molar-refractivity contribution in [2.45, 2.75) is 84.7 Å². The van der Waals surface area contributed by atoms with Gasteiger partial charge in [-0.3, -0.25) is 0 Å². The first-order chi connectivity index (χ1) is 9.65. The molecule has 1 N–H and O–H groups in total. The van der Waals surface area contributed by atoms with Crippen molar-refractivity contribution in [2.24, 2.45) is 11.8 Å². The Labute approximate surface area is 134 Å². The summed E-state index contributed by atoms with van der Waals surface area (Å²) in [5.41, 5.74) is 1.45.